The SMILES string of the molecule is Cc1ccc(Br)cc1CCNC(=O)C1CCCCN1. The fourth-order valence-electron chi connectivity index (χ4n) is 2.43. The van der Waals surface area contributed by atoms with Crippen LogP contribution in [0.15, 0.2) is 22.7 Å². The summed E-state index contributed by atoms with van der Waals surface area (Å²) in [6.45, 7) is 3.77. The fourth-order valence-corrected chi connectivity index (χ4v) is 2.84. The molecule has 1 heterocycles. The molecule has 0 radical (unpaired) electrons. The van der Waals surface area contributed by atoms with Crippen molar-refractivity contribution in [3.8, 4) is 0 Å². The van der Waals surface area contributed by atoms with Crippen LogP contribution in [0.1, 0.15) is 30.4 Å². The molecule has 0 aromatic heterocycles. The molecule has 19 heavy (non-hydrogen) atoms. The standard InChI is InChI=1S/C15H21BrN2O/c1-11-5-6-13(16)10-12(11)7-9-18-15(19)14-4-2-3-8-17-14/h5-6,10,14,17H,2-4,7-9H2,1H3,(H,18,19). The number of carbonyl (C=O) groups excluding carboxylic acids is 1. The Balaban J connectivity index is 1.79. The molecule has 4 heteroatoms. The van der Waals surface area contributed by atoms with Crippen molar-refractivity contribution < 1.29 is 4.79 Å². The van der Waals surface area contributed by atoms with E-state index in [1.54, 1.807) is 0 Å². The summed E-state index contributed by atoms with van der Waals surface area (Å²) < 4.78 is 1.09. The first kappa shape index (κ1) is 14.5. The monoisotopic (exact) mass is 324 g/mol. The normalized spacial score (nSPS) is 19.2. The molecule has 2 rings (SSSR count). The molecule has 2 N–H and O–H groups in total. The van der Waals surface area contributed by atoms with Crippen LogP contribution in [0, 0.1) is 6.92 Å². The molecule has 1 aliphatic heterocycles. The minimum Gasteiger partial charge on any atom is -0.354 e. The van der Waals surface area contributed by atoms with Crippen molar-refractivity contribution in [3.05, 3.63) is 33.8 Å². The van der Waals surface area contributed by atoms with E-state index < -0.39 is 0 Å². The van der Waals surface area contributed by atoms with Crippen LogP contribution >= 0.6 is 15.9 Å². The third kappa shape index (κ3) is 4.32. The first-order valence-corrected chi connectivity index (χ1v) is 7.72. The van der Waals surface area contributed by atoms with Crippen LogP contribution in [0.4, 0.5) is 0 Å². The zero-order valence-corrected chi connectivity index (χ0v) is 12.9. The molecule has 1 saturated heterocycles. The third-order valence-corrected chi connectivity index (χ3v) is 4.12. The van der Waals surface area contributed by atoms with Gasteiger partial charge in [0.05, 0.1) is 6.04 Å². The first-order chi connectivity index (χ1) is 9.16. The Morgan fingerprint density at radius 3 is 3.05 bits per heavy atom. The van der Waals surface area contributed by atoms with Crippen molar-refractivity contribution in [2.24, 2.45) is 0 Å². The lowest BCUT2D eigenvalue weighted by atomic mass is 10.0. The van der Waals surface area contributed by atoms with E-state index in [1.165, 1.54) is 17.5 Å². The number of benzene rings is 1. The molecule has 1 atom stereocenters. The van der Waals surface area contributed by atoms with Gasteiger partial charge in [0.15, 0.2) is 0 Å². The quantitative estimate of drug-likeness (QED) is 0.893. The van der Waals surface area contributed by atoms with Gasteiger partial charge in [-0.1, -0.05) is 28.4 Å². The Kier molecular flexibility index (Phi) is 5.40. The lowest BCUT2D eigenvalue weighted by Gasteiger charge is -2.22. The lowest BCUT2D eigenvalue weighted by Crippen LogP contribution is -2.47. The molecule has 0 bridgehead atoms. The molecule has 1 unspecified atom stereocenters. The summed E-state index contributed by atoms with van der Waals surface area (Å²) in [7, 11) is 0. The predicted molar refractivity (Wildman–Crippen MR) is 81.2 cm³/mol. The number of rotatable bonds is 4. The minimum atomic E-state index is 0.0114. The molecule has 3 nitrogen and oxygen atoms in total. The Bertz CT molecular complexity index is 442. The summed E-state index contributed by atoms with van der Waals surface area (Å²) in [6.07, 6.45) is 4.17. The van der Waals surface area contributed by atoms with E-state index in [-0.39, 0.29) is 11.9 Å². The molecular formula is C15H21BrN2O. The maximum absolute atomic E-state index is 12.0. The van der Waals surface area contributed by atoms with Gasteiger partial charge in [-0.25, -0.2) is 0 Å². The van der Waals surface area contributed by atoms with E-state index in [1.807, 2.05) is 6.07 Å². The van der Waals surface area contributed by atoms with Crippen LogP contribution in [0.2, 0.25) is 0 Å². The van der Waals surface area contributed by atoms with Gasteiger partial charge in [-0.2, -0.15) is 0 Å². The van der Waals surface area contributed by atoms with Crippen molar-refractivity contribution in [3.63, 3.8) is 0 Å². The number of aryl methyl sites for hydroxylation is 1. The van der Waals surface area contributed by atoms with Gasteiger partial charge in [0.1, 0.15) is 0 Å². The summed E-state index contributed by atoms with van der Waals surface area (Å²) in [5, 5.41) is 6.30. The minimum absolute atomic E-state index is 0.0114. The fraction of sp³-hybridized carbons (Fsp3) is 0.533. The third-order valence-electron chi connectivity index (χ3n) is 3.63. The summed E-state index contributed by atoms with van der Waals surface area (Å²) in [6, 6.07) is 6.28. The molecule has 0 saturated carbocycles. The van der Waals surface area contributed by atoms with Crippen LogP contribution in [0.3, 0.4) is 0 Å². The highest BCUT2D eigenvalue weighted by Gasteiger charge is 2.19. The highest BCUT2D eigenvalue weighted by atomic mass is 79.9. The number of hydrogen-bond acceptors (Lipinski definition) is 2. The van der Waals surface area contributed by atoms with Crippen molar-refractivity contribution in [2.45, 2.75) is 38.6 Å². The van der Waals surface area contributed by atoms with Gasteiger partial charge in [-0.15, -0.1) is 0 Å². The van der Waals surface area contributed by atoms with E-state index in [4.69, 9.17) is 0 Å². The highest BCUT2D eigenvalue weighted by Crippen LogP contribution is 2.16. The van der Waals surface area contributed by atoms with Crippen LogP contribution < -0.4 is 10.6 Å². The summed E-state index contributed by atoms with van der Waals surface area (Å²) in [5.41, 5.74) is 2.56. The summed E-state index contributed by atoms with van der Waals surface area (Å²) in [4.78, 5) is 12.0. The molecule has 1 fully saturated rings. The number of halogens is 1. The van der Waals surface area contributed by atoms with Gasteiger partial charge in [0.25, 0.3) is 0 Å². The van der Waals surface area contributed by atoms with Crippen LogP contribution in [-0.4, -0.2) is 25.0 Å². The van der Waals surface area contributed by atoms with Crippen molar-refractivity contribution in [1.82, 2.24) is 10.6 Å². The smallest absolute Gasteiger partial charge is 0.237 e. The second-order valence-electron chi connectivity index (χ2n) is 5.11. The van der Waals surface area contributed by atoms with Gasteiger partial charge >= 0.3 is 0 Å². The molecule has 104 valence electrons. The van der Waals surface area contributed by atoms with Gasteiger partial charge in [-0.3, -0.25) is 4.79 Å². The molecular weight excluding hydrogens is 304 g/mol. The number of amides is 1. The molecule has 1 amide bonds. The van der Waals surface area contributed by atoms with E-state index in [9.17, 15) is 4.79 Å². The zero-order valence-electron chi connectivity index (χ0n) is 11.3. The molecule has 1 aliphatic rings. The number of hydrogen-bond donors (Lipinski definition) is 2. The maximum Gasteiger partial charge on any atom is 0.237 e. The van der Waals surface area contributed by atoms with Gasteiger partial charge < -0.3 is 10.6 Å². The van der Waals surface area contributed by atoms with E-state index >= 15 is 0 Å². The zero-order chi connectivity index (χ0) is 13.7. The largest absolute Gasteiger partial charge is 0.354 e. The van der Waals surface area contributed by atoms with Crippen LogP contribution in [0.25, 0.3) is 0 Å². The Morgan fingerprint density at radius 2 is 2.32 bits per heavy atom. The van der Waals surface area contributed by atoms with Crippen LogP contribution in [0.5, 0.6) is 0 Å². The Labute approximate surface area is 123 Å². The van der Waals surface area contributed by atoms with E-state index in [2.05, 4.69) is 45.6 Å². The average Bonchev–Trinajstić information content (AvgIpc) is 2.43. The van der Waals surface area contributed by atoms with Crippen molar-refractivity contribution in [1.29, 1.82) is 0 Å². The van der Waals surface area contributed by atoms with Gasteiger partial charge in [0, 0.05) is 11.0 Å². The average molecular weight is 325 g/mol. The van der Waals surface area contributed by atoms with Crippen molar-refractivity contribution >= 4 is 21.8 Å². The molecule has 0 aliphatic carbocycles. The van der Waals surface area contributed by atoms with E-state index in [0.29, 0.717) is 6.54 Å². The number of piperidine rings is 1. The van der Waals surface area contributed by atoms with Crippen molar-refractivity contribution in [2.75, 3.05) is 13.1 Å². The molecule has 0 spiro atoms. The topological polar surface area (TPSA) is 41.1 Å². The van der Waals surface area contributed by atoms with Gasteiger partial charge in [0.2, 0.25) is 5.91 Å². The Hall–Kier alpha value is -0.870. The second kappa shape index (κ2) is 7.06. The number of nitrogens with one attached hydrogen (secondary N) is 2. The summed E-state index contributed by atoms with van der Waals surface area (Å²) >= 11 is 3.48. The highest BCUT2D eigenvalue weighted by molar-refractivity contribution is 9.10. The Morgan fingerprint density at radius 1 is 1.47 bits per heavy atom. The molecule has 1 aromatic rings. The maximum atomic E-state index is 12.0. The lowest BCUT2D eigenvalue weighted by molar-refractivity contribution is -0.123. The van der Waals surface area contributed by atoms with Gasteiger partial charge in [-0.05, 0) is 56.0 Å². The van der Waals surface area contributed by atoms with E-state index in [0.717, 1.165) is 30.3 Å². The number of carbonyl (C=O) groups is 1. The predicted octanol–water partition coefficient (Wildman–Crippen LogP) is 2.56. The first-order valence-electron chi connectivity index (χ1n) is 6.93. The van der Waals surface area contributed by atoms with Crippen LogP contribution in [-0.2, 0) is 11.2 Å². The second-order valence-corrected chi connectivity index (χ2v) is 6.03. The molecule has 1 aromatic carbocycles. The summed E-state index contributed by atoms with van der Waals surface area (Å²) in [5.74, 6) is 0.146.